The molecule has 1 aromatic heterocycles. The number of hydrogen-bond acceptors (Lipinski definition) is 3. The lowest BCUT2D eigenvalue weighted by molar-refractivity contribution is 0.579. The molecule has 4 heteroatoms. The van der Waals surface area contributed by atoms with Crippen LogP contribution in [-0.4, -0.2) is 21.5 Å². The molecule has 0 saturated heterocycles. The van der Waals surface area contributed by atoms with Gasteiger partial charge in [-0.2, -0.15) is 0 Å². The molecule has 1 saturated carbocycles. The molecule has 1 aromatic rings. The van der Waals surface area contributed by atoms with Crippen molar-refractivity contribution in [2.45, 2.75) is 19.9 Å². The smallest absolute Gasteiger partial charge is 0.0738 e. The van der Waals surface area contributed by atoms with E-state index in [0.29, 0.717) is 0 Å². The molecule has 0 amide bonds. The molecule has 0 spiro atoms. The van der Waals surface area contributed by atoms with Crippen LogP contribution in [-0.2, 0) is 13.6 Å². The van der Waals surface area contributed by atoms with Crippen LogP contribution in [0.5, 0.6) is 0 Å². The molecule has 0 aliphatic heterocycles. The van der Waals surface area contributed by atoms with E-state index in [0.717, 1.165) is 30.6 Å². The fourth-order valence-electron chi connectivity index (χ4n) is 1.54. The van der Waals surface area contributed by atoms with Gasteiger partial charge in [-0.05, 0) is 24.8 Å². The van der Waals surface area contributed by atoms with Gasteiger partial charge in [-0.15, -0.1) is 5.10 Å². The van der Waals surface area contributed by atoms with Gasteiger partial charge in [-0.25, -0.2) is 0 Å². The van der Waals surface area contributed by atoms with Gasteiger partial charge in [0.15, 0.2) is 0 Å². The molecule has 2 rings (SSSR count). The van der Waals surface area contributed by atoms with E-state index in [-0.39, 0.29) is 0 Å². The summed E-state index contributed by atoms with van der Waals surface area (Å²) >= 11 is 0. The van der Waals surface area contributed by atoms with Crippen molar-refractivity contribution in [2.24, 2.45) is 18.9 Å². The van der Waals surface area contributed by atoms with Gasteiger partial charge in [0.2, 0.25) is 0 Å². The molecule has 13 heavy (non-hydrogen) atoms. The Bertz CT molecular complexity index is 281. The summed E-state index contributed by atoms with van der Waals surface area (Å²) in [5.41, 5.74) is 1.15. The third-order valence-electron chi connectivity index (χ3n) is 2.80. The number of nitrogens with zero attached hydrogens (tertiary/aromatic N) is 3. The summed E-state index contributed by atoms with van der Waals surface area (Å²) in [5.74, 6) is 1.83. The number of nitrogens with one attached hydrogen (secondary N) is 1. The topological polar surface area (TPSA) is 42.7 Å². The van der Waals surface area contributed by atoms with Crippen molar-refractivity contribution < 1.29 is 0 Å². The van der Waals surface area contributed by atoms with E-state index in [9.17, 15) is 0 Å². The maximum Gasteiger partial charge on any atom is 0.0738 e. The minimum absolute atomic E-state index is 0.882. The average Bonchev–Trinajstić information content (AvgIpc) is 2.63. The van der Waals surface area contributed by atoms with Crippen LogP contribution in [0, 0.1) is 11.8 Å². The van der Waals surface area contributed by atoms with Gasteiger partial charge in [0.1, 0.15) is 0 Å². The molecule has 0 bridgehead atoms. The first-order valence-corrected chi connectivity index (χ1v) is 4.81. The summed E-state index contributed by atoms with van der Waals surface area (Å²) < 4.78 is 1.81. The summed E-state index contributed by atoms with van der Waals surface area (Å²) in [7, 11) is 1.92. The summed E-state index contributed by atoms with van der Waals surface area (Å²) in [6, 6.07) is 0. The molecule has 1 fully saturated rings. The lowest BCUT2D eigenvalue weighted by Crippen LogP contribution is -2.18. The normalized spacial score (nSPS) is 26.3. The lowest BCUT2D eigenvalue weighted by Gasteiger charge is -2.02. The van der Waals surface area contributed by atoms with Gasteiger partial charge in [0, 0.05) is 13.6 Å². The van der Waals surface area contributed by atoms with Crippen molar-refractivity contribution in [3.63, 3.8) is 0 Å². The first-order chi connectivity index (χ1) is 6.27. The Balaban J connectivity index is 1.71. The first-order valence-electron chi connectivity index (χ1n) is 4.81. The largest absolute Gasteiger partial charge is 0.311 e. The summed E-state index contributed by atoms with van der Waals surface area (Å²) in [6.45, 7) is 4.32. The second-order valence-corrected chi connectivity index (χ2v) is 3.95. The molecule has 0 radical (unpaired) electrons. The zero-order valence-electron chi connectivity index (χ0n) is 8.20. The fraction of sp³-hybridized carbons (Fsp3) is 0.778. The van der Waals surface area contributed by atoms with Crippen LogP contribution < -0.4 is 5.32 Å². The molecule has 72 valence electrons. The highest BCUT2D eigenvalue weighted by Crippen LogP contribution is 2.36. The van der Waals surface area contributed by atoms with Crippen molar-refractivity contribution >= 4 is 0 Å². The van der Waals surface area contributed by atoms with E-state index >= 15 is 0 Å². The number of hydrogen-bond donors (Lipinski definition) is 1. The Morgan fingerprint density at radius 2 is 2.46 bits per heavy atom. The van der Waals surface area contributed by atoms with Crippen LogP contribution in [0.3, 0.4) is 0 Å². The van der Waals surface area contributed by atoms with Gasteiger partial charge >= 0.3 is 0 Å². The summed E-state index contributed by atoms with van der Waals surface area (Å²) in [5, 5.41) is 11.1. The number of rotatable bonds is 4. The second-order valence-electron chi connectivity index (χ2n) is 3.95. The van der Waals surface area contributed by atoms with Crippen LogP contribution in [0.15, 0.2) is 6.20 Å². The minimum atomic E-state index is 0.882. The minimum Gasteiger partial charge on any atom is -0.311 e. The summed E-state index contributed by atoms with van der Waals surface area (Å²) in [4.78, 5) is 0. The first kappa shape index (κ1) is 8.69. The molecule has 1 N–H and O–H groups in total. The van der Waals surface area contributed by atoms with Crippen LogP contribution in [0.1, 0.15) is 19.0 Å². The molecule has 2 unspecified atom stereocenters. The maximum atomic E-state index is 3.87. The van der Waals surface area contributed by atoms with Crippen LogP contribution >= 0.6 is 0 Å². The molecule has 1 aliphatic carbocycles. The van der Waals surface area contributed by atoms with Crippen LogP contribution in [0.25, 0.3) is 0 Å². The third-order valence-corrected chi connectivity index (χ3v) is 2.80. The van der Waals surface area contributed by atoms with E-state index in [1.807, 2.05) is 17.9 Å². The average molecular weight is 180 g/mol. The maximum absolute atomic E-state index is 3.87. The van der Waals surface area contributed by atoms with E-state index in [1.54, 1.807) is 0 Å². The SMILES string of the molecule is CC1CC1CNCc1cnnn1C. The van der Waals surface area contributed by atoms with Crippen molar-refractivity contribution in [2.75, 3.05) is 6.54 Å². The standard InChI is InChI=1S/C9H16N4/c1-7-3-8(7)4-10-5-9-6-11-12-13(9)2/h6-8,10H,3-5H2,1-2H3. The Morgan fingerprint density at radius 1 is 1.69 bits per heavy atom. The van der Waals surface area contributed by atoms with Crippen molar-refractivity contribution in [3.05, 3.63) is 11.9 Å². The van der Waals surface area contributed by atoms with E-state index < -0.39 is 0 Å². The highest BCUT2D eigenvalue weighted by Gasteiger charge is 2.31. The molecule has 4 nitrogen and oxygen atoms in total. The van der Waals surface area contributed by atoms with Crippen molar-refractivity contribution in [1.29, 1.82) is 0 Å². The van der Waals surface area contributed by atoms with Crippen molar-refractivity contribution in [1.82, 2.24) is 20.3 Å². The Labute approximate surface area is 78.3 Å². The van der Waals surface area contributed by atoms with E-state index in [1.165, 1.54) is 6.42 Å². The highest BCUT2D eigenvalue weighted by atomic mass is 15.4. The lowest BCUT2D eigenvalue weighted by atomic mass is 10.3. The van der Waals surface area contributed by atoms with Gasteiger partial charge in [-0.1, -0.05) is 12.1 Å². The zero-order valence-corrected chi connectivity index (χ0v) is 8.20. The molecular weight excluding hydrogens is 164 g/mol. The molecule has 1 aliphatic rings. The van der Waals surface area contributed by atoms with Gasteiger partial charge < -0.3 is 5.32 Å². The summed E-state index contributed by atoms with van der Waals surface area (Å²) in [6.07, 6.45) is 3.19. The van der Waals surface area contributed by atoms with Gasteiger partial charge in [0.05, 0.1) is 11.9 Å². The van der Waals surface area contributed by atoms with Gasteiger partial charge in [0.25, 0.3) is 0 Å². The number of aromatic nitrogens is 3. The Kier molecular flexibility index (Phi) is 2.31. The predicted octanol–water partition coefficient (Wildman–Crippen LogP) is 0.561. The molecule has 2 atom stereocenters. The monoisotopic (exact) mass is 180 g/mol. The zero-order chi connectivity index (χ0) is 9.26. The van der Waals surface area contributed by atoms with Gasteiger partial charge in [-0.3, -0.25) is 4.68 Å². The Hall–Kier alpha value is -0.900. The van der Waals surface area contributed by atoms with E-state index in [4.69, 9.17) is 0 Å². The number of aryl methyl sites for hydroxylation is 1. The quantitative estimate of drug-likeness (QED) is 0.736. The third kappa shape index (κ3) is 2.06. The molecule has 0 aromatic carbocycles. The molecule has 1 heterocycles. The van der Waals surface area contributed by atoms with Crippen LogP contribution in [0.2, 0.25) is 0 Å². The highest BCUT2D eigenvalue weighted by molar-refractivity contribution is 4.93. The van der Waals surface area contributed by atoms with E-state index in [2.05, 4.69) is 22.6 Å². The molecular formula is C9H16N4. The Morgan fingerprint density at radius 3 is 3.00 bits per heavy atom. The van der Waals surface area contributed by atoms with Crippen molar-refractivity contribution in [3.8, 4) is 0 Å². The fourth-order valence-corrected chi connectivity index (χ4v) is 1.54. The van der Waals surface area contributed by atoms with Crippen LogP contribution in [0.4, 0.5) is 0 Å². The second kappa shape index (κ2) is 3.46. The predicted molar refractivity (Wildman–Crippen MR) is 50.0 cm³/mol.